The number of aromatic nitrogens is 2. The van der Waals surface area contributed by atoms with Crippen LogP contribution in [-0.4, -0.2) is 9.97 Å². The molecule has 0 unspecified atom stereocenters. The Morgan fingerprint density at radius 3 is 2.57 bits per heavy atom. The molecular weight excluding hydrogens is 266 g/mol. The quantitative estimate of drug-likeness (QED) is 0.621. The number of azo groups is 1. The number of nitrogens with zero attached hydrogens (tertiary/aromatic N) is 4. The van der Waals surface area contributed by atoms with Crippen LogP contribution in [0.4, 0.5) is 28.7 Å². The van der Waals surface area contributed by atoms with Gasteiger partial charge in [0.05, 0.1) is 11.2 Å². The maximum absolute atomic E-state index is 5.92. The van der Waals surface area contributed by atoms with Crippen LogP contribution in [0.25, 0.3) is 10.9 Å². The zero-order valence-corrected chi connectivity index (χ0v) is 11.1. The van der Waals surface area contributed by atoms with Crippen molar-refractivity contribution in [1.29, 1.82) is 0 Å². The number of hydrogen-bond donors (Lipinski definition) is 3. The van der Waals surface area contributed by atoms with Crippen molar-refractivity contribution >= 4 is 39.6 Å². The second-order valence-electron chi connectivity index (χ2n) is 4.44. The number of rotatable bonds is 2. The van der Waals surface area contributed by atoms with Crippen LogP contribution in [0.5, 0.6) is 0 Å². The third-order valence-electron chi connectivity index (χ3n) is 2.96. The highest BCUT2D eigenvalue weighted by Gasteiger charge is 2.02. The summed E-state index contributed by atoms with van der Waals surface area (Å²) < 4.78 is 0. The lowest BCUT2D eigenvalue weighted by Crippen LogP contribution is -1.95. The number of hydrogen-bond acceptors (Lipinski definition) is 7. The van der Waals surface area contributed by atoms with Gasteiger partial charge < -0.3 is 17.2 Å². The summed E-state index contributed by atoms with van der Waals surface area (Å²) in [6, 6.07) is 10.5. The van der Waals surface area contributed by atoms with Crippen molar-refractivity contribution in [3.05, 3.63) is 42.6 Å². The number of benzene rings is 1. The van der Waals surface area contributed by atoms with Crippen LogP contribution in [0.15, 0.2) is 52.8 Å². The average molecular weight is 279 g/mol. The molecule has 2 aromatic heterocycles. The van der Waals surface area contributed by atoms with Gasteiger partial charge in [-0.2, -0.15) is 5.11 Å². The van der Waals surface area contributed by atoms with E-state index >= 15 is 0 Å². The van der Waals surface area contributed by atoms with E-state index in [1.54, 1.807) is 30.5 Å². The molecule has 6 N–H and O–H groups in total. The molecule has 0 aliphatic rings. The topological polar surface area (TPSA) is 129 Å². The van der Waals surface area contributed by atoms with E-state index in [9.17, 15) is 0 Å². The van der Waals surface area contributed by atoms with Crippen LogP contribution in [0, 0.1) is 0 Å². The number of pyridine rings is 2. The van der Waals surface area contributed by atoms with E-state index in [0.29, 0.717) is 22.9 Å². The first kappa shape index (κ1) is 12.8. The van der Waals surface area contributed by atoms with Crippen LogP contribution in [-0.2, 0) is 0 Å². The van der Waals surface area contributed by atoms with Crippen molar-refractivity contribution in [2.24, 2.45) is 10.2 Å². The molecule has 7 heteroatoms. The Balaban J connectivity index is 1.97. The summed E-state index contributed by atoms with van der Waals surface area (Å²) in [5, 5.41) is 9.04. The highest BCUT2D eigenvalue weighted by Crippen LogP contribution is 2.27. The molecular formula is C14H13N7. The Morgan fingerprint density at radius 2 is 1.76 bits per heavy atom. The molecule has 21 heavy (non-hydrogen) atoms. The van der Waals surface area contributed by atoms with Crippen molar-refractivity contribution in [3.8, 4) is 0 Å². The van der Waals surface area contributed by atoms with Gasteiger partial charge in [0.15, 0.2) is 5.82 Å². The van der Waals surface area contributed by atoms with Crippen LogP contribution in [0.1, 0.15) is 0 Å². The van der Waals surface area contributed by atoms with Gasteiger partial charge in [-0.25, -0.2) is 4.98 Å². The molecule has 0 saturated heterocycles. The molecule has 104 valence electrons. The SMILES string of the molecule is Nc1ccc(N=Nc2ccc3nccc(N)c3c2)c(N)n1. The Morgan fingerprint density at radius 1 is 0.905 bits per heavy atom. The van der Waals surface area contributed by atoms with E-state index in [2.05, 4.69) is 20.2 Å². The summed E-state index contributed by atoms with van der Waals surface area (Å²) in [7, 11) is 0. The summed E-state index contributed by atoms with van der Waals surface area (Å²) in [5.74, 6) is 0.580. The Kier molecular flexibility index (Phi) is 3.07. The summed E-state index contributed by atoms with van der Waals surface area (Å²) >= 11 is 0. The number of nitrogen functional groups attached to an aromatic ring is 3. The lowest BCUT2D eigenvalue weighted by molar-refractivity contribution is 1.21. The van der Waals surface area contributed by atoms with E-state index in [1.165, 1.54) is 0 Å². The van der Waals surface area contributed by atoms with Gasteiger partial charge in [0, 0.05) is 17.3 Å². The summed E-state index contributed by atoms with van der Waals surface area (Å²) in [4.78, 5) is 8.15. The molecule has 7 nitrogen and oxygen atoms in total. The highest BCUT2D eigenvalue weighted by molar-refractivity contribution is 5.91. The first-order valence-electron chi connectivity index (χ1n) is 6.21. The molecule has 0 saturated carbocycles. The van der Waals surface area contributed by atoms with E-state index in [1.807, 2.05) is 12.1 Å². The summed E-state index contributed by atoms with van der Waals surface area (Å²) in [5.41, 5.74) is 19.7. The molecule has 0 fully saturated rings. The second kappa shape index (κ2) is 5.04. The van der Waals surface area contributed by atoms with Gasteiger partial charge in [0.2, 0.25) is 0 Å². The fraction of sp³-hybridized carbons (Fsp3) is 0. The minimum Gasteiger partial charge on any atom is -0.398 e. The second-order valence-corrected chi connectivity index (χ2v) is 4.44. The lowest BCUT2D eigenvalue weighted by atomic mass is 10.2. The van der Waals surface area contributed by atoms with Crippen molar-refractivity contribution in [2.75, 3.05) is 17.2 Å². The number of anilines is 3. The molecule has 0 aliphatic heterocycles. The Labute approximate surface area is 120 Å². The van der Waals surface area contributed by atoms with Crippen LogP contribution < -0.4 is 17.2 Å². The van der Waals surface area contributed by atoms with Gasteiger partial charge in [-0.05, 0) is 36.4 Å². The zero-order valence-electron chi connectivity index (χ0n) is 11.1. The normalized spacial score (nSPS) is 11.2. The predicted octanol–water partition coefficient (Wildman–Crippen LogP) is 2.79. The van der Waals surface area contributed by atoms with Crippen molar-refractivity contribution in [1.82, 2.24) is 9.97 Å². The molecule has 1 aromatic carbocycles. The summed E-state index contributed by atoms with van der Waals surface area (Å²) in [6.07, 6.45) is 1.67. The largest absolute Gasteiger partial charge is 0.398 e. The molecule has 0 radical (unpaired) electrons. The molecule has 3 rings (SSSR count). The van der Waals surface area contributed by atoms with E-state index in [0.717, 1.165) is 10.9 Å². The third-order valence-corrected chi connectivity index (χ3v) is 2.96. The fourth-order valence-corrected chi connectivity index (χ4v) is 1.90. The third kappa shape index (κ3) is 2.57. The first-order valence-corrected chi connectivity index (χ1v) is 6.21. The van der Waals surface area contributed by atoms with Gasteiger partial charge in [0.1, 0.15) is 11.5 Å². The van der Waals surface area contributed by atoms with Crippen molar-refractivity contribution in [2.45, 2.75) is 0 Å². The van der Waals surface area contributed by atoms with Crippen LogP contribution in [0.2, 0.25) is 0 Å². The Hall–Kier alpha value is -3.22. The molecule has 0 aliphatic carbocycles. The average Bonchev–Trinajstić information content (AvgIpc) is 2.47. The lowest BCUT2D eigenvalue weighted by Gasteiger charge is -2.02. The van der Waals surface area contributed by atoms with Crippen LogP contribution in [0.3, 0.4) is 0 Å². The fourth-order valence-electron chi connectivity index (χ4n) is 1.90. The molecule has 0 spiro atoms. The molecule has 2 heterocycles. The molecule has 0 amide bonds. The Bertz CT molecular complexity index is 842. The number of fused-ring (bicyclic) bond motifs is 1. The van der Waals surface area contributed by atoms with Crippen LogP contribution >= 0.6 is 0 Å². The monoisotopic (exact) mass is 279 g/mol. The van der Waals surface area contributed by atoms with E-state index < -0.39 is 0 Å². The van der Waals surface area contributed by atoms with Gasteiger partial charge in [0.25, 0.3) is 0 Å². The van der Waals surface area contributed by atoms with Gasteiger partial charge in [-0.15, -0.1) is 5.11 Å². The van der Waals surface area contributed by atoms with Crippen molar-refractivity contribution < 1.29 is 0 Å². The molecule has 0 bridgehead atoms. The summed E-state index contributed by atoms with van der Waals surface area (Å²) in [6.45, 7) is 0. The van der Waals surface area contributed by atoms with E-state index in [-0.39, 0.29) is 5.82 Å². The number of nitrogens with two attached hydrogens (primary N) is 3. The standard InChI is InChI=1S/C14H13N7/c15-10-5-6-18-11-2-1-8(7-9(10)11)20-21-12-3-4-13(16)19-14(12)17/h1-7H,(H2,15,18)(H4,16,17,19). The van der Waals surface area contributed by atoms with E-state index in [4.69, 9.17) is 17.2 Å². The first-order chi connectivity index (χ1) is 10.1. The molecule has 3 aromatic rings. The minimum atomic E-state index is 0.237. The maximum atomic E-state index is 5.92. The molecule has 0 atom stereocenters. The maximum Gasteiger partial charge on any atom is 0.153 e. The highest BCUT2D eigenvalue weighted by atomic mass is 15.1. The van der Waals surface area contributed by atoms with Gasteiger partial charge >= 0.3 is 0 Å². The van der Waals surface area contributed by atoms with Gasteiger partial charge in [-0.1, -0.05) is 0 Å². The predicted molar refractivity (Wildman–Crippen MR) is 83.4 cm³/mol. The smallest absolute Gasteiger partial charge is 0.153 e. The van der Waals surface area contributed by atoms with Gasteiger partial charge in [-0.3, -0.25) is 4.98 Å². The minimum absolute atomic E-state index is 0.237. The zero-order chi connectivity index (χ0) is 14.8. The van der Waals surface area contributed by atoms with Crippen molar-refractivity contribution in [3.63, 3.8) is 0 Å².